The first-order valence-electron chi connectivity index (χ1n) is 9.26. The molecule has 1 amide bonds. The van der Waals surface area contributed by atoms with Crippen LogP contribution in [0.1, 0.15) is 48.0 Å². The fourth-order valence-corrected chi connectivity index (χ4v) is 2.40. The maximum Gasteiger partial charge on any atom is 0.422 e. The Labute approximate surface area is 172 Å². The number of carbonyl (C=O) groups excluding carboxylic acids is 2. The number of carbonyl (C=O) groups is 2. The number of ether oxygens (including phenoxy) is 1. The van der Waals surface area contributed by atoms with Gasteiger partial charge < -0.3 is 10.1 Å². The van der Waals surface area contributed by atoms with Gasteiger partial charge in [-0.15, -0.1) is 0 Å². The Morgan fingerprint density at radius 2 is 1.83 bits per heavy atom. The molecule has 0 radical (unpaired) electrons. The van der Waals surface area contributed by atoms with E-state index >= 15 is 0 Å². The second-order valence-corrected chi connectivity index (χ2v) is 7.92. The Bertz CT molecular complexity index is 922. The molecule has 9 heteroatoms. The molecule has 0 aliphatic rings. The molecule has 0 unspecified atom stereocenters. The summed E-state index contributed by atoms with van der Waals surface area (Å²) in [7, 11) is 0. The molecule has 30 heavy (non-hydrogen) atoms. The van der Waals surface area contributed by atoms with E-state index in [0.29, 0.717) is 22.4 Å². The van der Waals surface area contributed by atoms with E-state index in [0.717, 1.165) is 0 Å². The van der Waals surface area contributed by atoms with E-state index < -0.39 is 18.2 Å². The van der Waals surface area contributed by atoms with Crippen molar-refractivity contribution in [2.45, 2.75) is 46.8 Å². The van der Waals surface area contributed by atoms with Crippen LogP contribution in [0.5, 0.6) is 5.88 Å². The molecule has 1 N–H and O–H groups in total. The number of pyridine rings is 2. The van der Waals surface area contributed by atoms with Crippen LogP contribution in [0.2, 0.25) is 0 Å². The number of halogens is 3. The molecule has 0 fully saturated rings. The van der Waals surface area contributed by atoms with E-state index in [1.54, 1.807) is 19.1 Å². The summed E-state index contributed by atoms with van der Waals surface area (Å²) in [5, 5.41) is 2.73. The monoisotopic (exact) mass is 423 g/mol. The molecule has 2 aromatic rings. The molecule has 0 spiro atoms. The summed E-state index contributed by atoms with van der Waals surface area (Å²) in [6.45, 7) is 5.87. The lowest BCUT2D eigenvalue weighted by atomic mass is 9.88. The predicted octanol–water partition coefficient (Wildman–Crippen LogP) is 3.81. The topological polar surface area (TPSA) is 81.2 Å². The molecule has 0 aromatic carbocycles. The van der Waals surface area contributed by atoms with Crippen molar-refractivity contribution in [3.63, 3.8) is 0 Å². The lowest BCUT2D eigenvalue weighted by molar-refractivity contribution is -0.154. The predicted molar refractivity (Wildman–Crippen MR) is 104 cm³/mol. The highest BCUT2D eigenvalue weighted by Crippen LogP contribution is 2.19. The first-order valence-corrected chi connectivity index (χ1v) is 9.26. The van der Waals surface area contributed by atoms with Gasteiger partial charge in [0, 0.05) is 48.1 Å². The maximum absolute atomic E-state index is 12.5. The lowest BCUT2D eigenvalue weighted by Crippen LogP contribution is -2.25. The molecule has 6 nitrogen and oxygen atoms in total. The Hall–Kier alpha value is -2.97. The van der Waals surface area contributed by atoms with E-state index in [2.05, 4.69) is 20.0 Å². The summed E-state index contributed by atoms with van der Waals surface area (Å²) >= 11 is 0. The van der Waals surface area contributed by atoms with E-state index in [9.17, 15) is 22.8 Å². The number of Topliss-reactive ketones (excluding diaryl/α,β-unsaturated/α-hetero) is 1. The van der Waals surface area contributed by atoms with Crippen molar-refractivity contribution in [3.05, 3.63) is 53.0 Å². The van der Waals surface area contributed by atoms with Crippen LogP contribution < -0.4 is 10.1 Å². The van der Waals surface area contributed by atoms with Crippen LogP contribution >= 0.6 is 0 Å². The molecule has 2 heterocycles. The molecular formula is C21H24F3N3O3. The van der Waals surface area contributed by atoms with Crippen molar-refractivity contribution in [1.29, 1.82) is 0 Å². The van der Waals surface area contributed by atoms with Gasteiger partial charge in [-0.1, -0.05) is 20.8 Å². The highest BCUT2D eigenvalue weighted by atomic mass is 19.4. The van der Waals surface area contributed by atoms with Gasteiger partial charge in [-0.3, -0.25) is 14.6 Å². The Morgan fingerprint density at radius 3 is 2.43 bits per heavy atom. The quantitative estimate of drug-likeness (QED) is 0.732. The standard InChI is InChI=1S/C21H24F3N3O3/c1-13-7-18(30-12-21(22,23)24)26-10-15(13)11-27-19(29)14-5-6-25-16(8-14)9-17(28)20(2,3)4/h5-8,10H,9,11-12H2,1-4H3,(H,27,29). The normalized spacial score (nSPS) is 11.8. The average molecular weight is 423 g/mol. The number of amides is 1. The van der Waals surface area contributed by atoms with Crippen LogP contribution in [-0.4, -0.2) is 34.4 Å². The summed E-state index contributed by atoms with van der Waals surface area (Å²) in [5.74, 6) is -0.483. The van der Waals surface area contributed by atoms with Crippen molar-refractivity contribution in [2.75, 3.05) is 6.61 Å². The van der Waals surface area contributed by atoms with Crippen molar-refractivity contribution < 1.29 is 27.5 Å². The fourth-order valence-electron chi connectivity index (χ4n) is 2.40. The number of aromatic nitrogens is 2. The first kappa shape index (κ1) is 23.3. The Balaban J connectivity index is 1.99. The molecule has 0 aliphatic heterocycles. The minimum atomic E-state index is -4.44. The van der Waals surface area contributed by atoms with Crippen molar-refractivity contribution in [3.8, 4) is 5.88 Å². The number of ketones is 1. The number of aryl methyl sites for hydroxylation is 1. The fraction of sp³-hybridized carbons (Fsp3) is 0.429. The minimum Gasteiger partial charge on any atom is -0.468 e. The van der Waals surface area contributed by atoms with Gasteiger partial charge in [-0.2, -0.15) is 13.2 Å². The molecule has 0 saturated heterocycles. The number of hydrogen-bond donors (Lipinski definition) is 1. The first-order chi connectivity index (χ1) is 13.8. The Morgan fingerprint density at radius 1 is 1.13 bits per heavy atom. The third-order valence-corrected chi connectivity index (χ3v) is 4.27. The van der Waals surface area contributed by atoms with Crippen LogP contribution in [0.25, 0.3) is 0 Å². The number of nitrogens with one attached hydrogen (secondary N) is 1. The smallest absolute Gasteiger partial charge is 0.422 e. The SMILES string of the molecule is Cc1cc(OCC(F)(F)F)ncc1CNC(=O)c1ccnc(CC(=O)C(C)(C)C)c1. The third kappa shape index (κ3) is 7.13. The molecule has 0 saturated carbocycles. The van der Waals surface area contributed by atoms with Crippen LogP contribution in [0.15, 0.2) is 30.6 Å². The van der Waals surface area contributed by atoms with Gasteiger partial charge in [-0.25, -0.2) is 4.98 Å². The summed E-state index contributed by atoms with van der Waals surface area (Å²) in [6, 6.07) is 4.49. The molecule has 162 valence electrons. The van der Waals surface area contributed by atoms with Gasteiger partial charge in [0.1, 0.15) is 5.78 Å². The second kappa shape index (κ2) is 9.23. The molecule has 0 aliphatic carbocycles. The largest absolute Gasteiger partial charge is 0.468 e. The van der Waals surface area contributed by atoms with Crippen molar-refractivity contribution in [2.24, 2.45) is 5.41 Å². The summed E-state index contributed by atoms with van der Waals surface area (Å²) < 4.78 is 41.3. The zero-order chi connectivity index (χ0) is 22.5. The second-order valence-electron chi connectivity index (χ2n) is 7.92. The van der Waals surface area contributed by atoms with E-state index in [4.69, 9.17) is 0 Å². The van der Waals surface area contributed by atoms with Crippen LogP contribution in [-0.2, 0) is 17.8 Å². The molecule has 2 rings (SSSR count). The van der Waals surface area contributed by atoms with Gasteiger partial charge in [0.2, 0.25) is 5.88 Å². The summed E-state index contributed by atoms with van der Waals surface area (Å²) in [4.78, 5) is 32.6. The van der Waals surface area contributed by atoms with Gasteiger partial charge in [0.15, 0.2) is 6.61 Å². The third-order valence-electron chi connectivity index (χ3n) is 4.27. The van der Waals surface area contributed by atoms with E-state index in [-0.39, 0.29) is 30.5 Å². The summed E-state index contributed by atoms with van der Waals surface area (Å²) in [5.41, 5.74) is 1.64. The minimum absolute atomic E-state index is 0.0158. The zero-order valence-corrected chi connectivity index (χ0v) is 17.3. The van der Waals surface area contributed by atoms with Crippen molar-refractivity contribution in [1.82, 2.24) is 15.3 Å². The van der Waals surface area contributed by atoms with Gasteiger partial charge >= 0.3 is 6.18 Å². The maximum atomic E-state index is 12.5. The van der Waals surface area contributed by atoms with Gasteiger partial charge in [0.25, 0.3) is 5.91 Å². The number of hydrogen-bond acceptors (Lipinski definition) is 5. The number of nitrogens with zero attached hydrogens (tertiary/aromatic N) is 2. The van der Waals surface area contributed by atoms with Gasteiger partial charge in [0.05, 0.1) is 0 Å². The highest BCUT2D eigenvalue weighted by Gasteiger charge is 2.28. The lowest BCUT2D eigenvalue weighted by Gasteiger charge is -2.16. The summed E-state index contributed by atoms with van der Waals surface area (Å²) in [6.07, 6.45) is -1.47. The van der Waals surface area contributed by atoms with Crippen LogP contribution in [0.3, 0.4) is 0 Å². The van der Waals surface area contributed by atoms with E-state index in [1.807, 2.05) is 20.8 Å². The number of alkyl halides is 3. The molecular weight excluding hydrogens is 399 g/mol. The van der Waals surface area contributed by atoms with Crippen LogP contribution in [0.4, 0.5) is 13.2 Å². The van der Waals surface area contributed by atoms with Crippen molar-refractivity contribution >= 4 is 11.7 Å². The number of rotatable bonds is 7. The Kier molecular flexibility index (Phi) is 7.17. The zero-order valence-electron chi connectivity index (χ0n) is 17.3. The molecule has 2 aromatic heterocycles. The van der Waals surface area contributed by atoms with Gasteiger partial charge in [-0.05, 0) is 30.2 Å². The highest BCUT2D eigenvalue weighted by molar-refractivity contribution is 5.94. The molecule has 0 bridgehead atoms. The van der Waals surface area contributed by atoms with E-state index in [1.165, 1.54) is 18.5 Å². The molecule has 0 atom stereocenters. The average Bonchev–Trinajstić information content (AvgIpc) is 2.64. The van der Waals surface area contributed by atoms with Crippen LogP contribution in [0, 0.1) is 12.3 Å².